The number of benzene rings is 2. The van der Waals surface area contributed by atoms with Gasteiger partial charge in [0.1, 0.15) is 5.75 Å². The molecule has 0 saturated carbocycles. The lowest BCUT2D eigenvalue weighted by Crippen LogP contribution is -2.25. The Hall–Kier alpha value is -3.79. The maximum Gasteiger partial charge on any atom is 0.343 e. The Labute approximate surface area is 156 Å². The van der Waals surface area contributed by atoms with E-state index in [-0.39, 0.29) is 19.1 Å². The van der Waals surface area contributed by atoms with Crippen LogP contribution in [0.2, 0.25) is 0 Å². The van der Waals surface area contributed by atoms with Gasteiger partial charge in [0, 0.05) is 5.56 Å². The zero-order valence-electron chi connectivity index (χ0n) is 14.7. The van der Waals surface area contributed by atoms with E-state index in [9.17, 15) is 14.4 Å². The third-order valence-electron chi connectivity index (χ3n) is 3.45. The van der Waals surface area contributed by atoms with E-state index in [0.29, 0.717) is 22.6 Å². The van der Waals surface area contributed by atoms with Crippen molar-refractivity contribution in [3.05, 3.63) is 59.7 Å². The van der Waals surface area contributed by atoms with E-state index in [2.05, 4.69) is 21.3 Å². The molecule has 2 amide bonds. The van der Waals surface area contributed by atoms with Gasteiger partial charge in [-0.2, -0.15) is 0 Å². The average Bonchev–Trinajstić information content (AvgIpc) is 2.70. The van der Waals surface area contributed by atoms with Gasteiger partial charge in [-0.15, -0.1) is 6.42 Å². The molecule has 0 unspecified atom stereocenters. The lowest BCUT2D eigenvalue weighted by Gasteiger charge is -2.11. The zero-order valence-corrected chi connectivity index (χ0v) is 14.7. The van der Waals surface area contributed by atoms with Gasteiger partial charge in [0.25, 0.3) is 11.8 Å². The Morgan fingerprint density at radius 3 is 2.59 bits per heavy atom. The summed E-state index contributed by atoms with van der Waals surface area (Å²) in [6.07, 6.45) is 5.14. The van der Waals surface area contributed by atoms with Gasteiger partial charge in [0.05, 0.1) is 24.9 Å². The van der Waals surface area contributed by atoms with Gasteiger partial charge in [0.2, 0.25) is 0 Å². The molecule has 138 valence electrons. The lowest BCUT2D eigenvalue weighted by molar-refractivity contribution is -0.142. The fraction of sp³-hybridized carbons (Fsp3) is 0.150. The number of hydrogen-bond acceptors (Lipinski definition) is 5. The van der Waals surface area contributed by atoms with Gasteiger partial charge in [-0.05, 0) is 30.3 Å². The van der Waals surface area contributed by atoms with Crippen LogP contribution in [0.5, 0.6) is 5.75 Å². The van der Waals surface area contributed by atoms with Crippen molar-refractivity contribution in [2.75, 3.05) is 25.6 Å². The van der Waals surface area contributed by atoms with Gasteiger partial charge in [0.15, 0.2) is 6.61 Å². The van der Waals surface area contributed by atoms with Gasteiger partial charge in [-0.25, -0.2) is 4.79 Å². The number of methoxy groups -OCH3 is 1. The van der Waals surface area contributed by atoms with E-state index in [1.807, 2.05) is 0 Å². The van der Waals surface area contributed by atoms with Crippen molar-refractivity contribution < 1.29 is 23.9 Å². The minimum absolute atomic E-state index is 0.0840. The Morgan fingerprint density at radius 2 is 1.85 bits per heavy atom. The second-order valence-corrected chi connectivity index (χ2v) is 5.28. The molecule has 0 aromatic heterocycles. The summed E-state index contributed by atoms with van der Waals surface area (Å²) in [4.78, 5) is 35.8. The van der Waals surface area contributed by atoms with E-state index in [0.717, 1.165) is 0 Å². The lowest BCUT2D eigenvalue weighted by atomic mass is 10.1. The van der Waals surface area contributed by atoms with Gasteiger partial charge < -0.3 is 20.1 Å². The fourth-order valence-electron chi connectivity index (χ4n) is 2.14. The molecule has 0 aliphatic carbocycles. The van der Waals surface area contributed by atoms with Gasteiger partial charge >= 0.3 is 5.97 Å². The number of terminal acetylenes is 1. The third kappa shape index (κ3) is 5.61. The van der Waals surface area contributed by atoms with Crippen LogP contribution < -0.4 is 15.4 Å². The predicted octanol–water partition coefficient (Wildman–Crippen LogP) is 1.85. The molecule has 0 heterocycles. The highest BCUT2D eigenvalue weighted by Crippen LogP contribution is 2.18. The van der Waals surface area contributed by atoms with Crippen molar-refractivity contribution in [2.24, 2.45) is 0 Å². The first kappa shape index (κ1) is 19.5. The summed E-state index contributed by atoms with van der Waals surface area (Å²) >= 11 is 0. The summed E-state index contributed by atoms with van der Waals surface area (Å²) in [5, 5.41) is 5.24. The molecule has 2 N–H and O–H groups in total. The summed E-state index contributed by atoms with van der Waals surface area (Å²) in [5.74, 6) is 1.30. The number of nitrogens with one attached hydrogen (secondary N) is 2. The second kappa shape index (κ2) is 9.63. The highest BCUT2D eigenvalue weighted by atomic mass is 16.6. The van der Waals surface area contributed by atoms with Crippen LogP contribution in [0.15, 0.2) is 48.5 Å². The molecule has 0 saturated heterocycles. The maximum atomic E-state index is 12.5. The second-order valence-electron chi connectivity index (χ2n) is 5.28. The fourth-order valence-corrected chi connectivity index (χ4v) is 2.14. The summed E-state index contributed by atoms with van der Waals surface area (Å²) < 4.78 is 9.77. The molecule has 0 aliphatic rings. The molecule has 0 bridgehead atoms. The summed E-state index contributed by atoms with van der Waals surface area (Å²) in [5.41, 5.74) is 0.938. The highest BCUT2D eigenvalue weighted by molar-refractivity contribution is 6.09. The predicted molar refractivity (Wildman–Crippen MR) is 99.5 cm³/mol. The molecule has 2 aromatic rings. The molecule has 0 aliphatic heterocycles. The van der Waals surface area contributed by atoms with Crippen molar-refractivity contribution in [1.82, 2.24) is 5.32 Å². The standard InChI is InChI=1S/C20H18N2O5/c1-3-11-21-20(25)16-9-4-5-10-17(16)22-19(24)14-7-6-8-15(12-14)27-13-18(23)26-2/h1,4-10,12H,11,13H2,2H3,(H,21,25)(H,22,24). The molecule has 2 rings (SSSR count). The molecule has 2 aromatic carbocycles. The van der Waals surface area contributed by atoms with Gasteiger partial charge in [-0.3, -0.25) is 9.59 Å². The number of amides is 2. The first-order valence-electron chi connectivity index (χ1n) is 7.97. The van der Waals surface area contributed by atoms with Crippen molar-refractivity contribution in [1.29, 1.82) is 0 Å². The summed E-state index contributed by atoms with van der Waals surface area (Å²) in [6.45, 7) is -0.180. The van der Waals surface area contributed by atoms with E-state index in [1.54, 1.807) is 42.5 Å². The van der Waals surface area contributed by atoms with Crippen LogP contribution in [0, 0.1) is 12.3 Å². The largest absolute Gasteiger partial charge is 0.482 e. The van der Waals surface area contributed by atoms with Gasteiger partial charge in [-0.1, -0.05) is 24.1 Å². The Kier molecular flexibility index (Phi) is 6.97. The van der Waals surface area contributed by atoms with Crippen LogP contribution in [0.1, 0.15) is 20.7 Å². The molecule has 7 nitrogen and oxygen atoms in total. The third-order valence-corrected chi connectivity index (χ3v) is 3.45. The Bertz CT molecular complexity index is 886. The maximum absolute atomic E-state index is 12.5. The van der Waals surface area contributed by atoms with E-state index < -0.39 is 11.9 Å². The van der Waals surface area contributed by atoms with Crippen LogP contribution in [-0.2, 0) is 9.53 Å². The van der Waals surface area contributed by atoms with Crippen LogP contribution in [0.3, 0.4) is 0 Å². The number of carbonyl (C=O) groups excluding carboxylic acids is 3. The normalized spacial score (nSPS) is 9.63. The zero-order chi connectivity index (χ0) is 19.6. The van der Waals surface area contributed by atoms with Crippen molar-refractivity contribution in [3.63, 3.8) is 0 Å². The van der Waals surface area contributed by atoms with Crippen LogP contribution in [0.25, 0.3) is 0 Å². The molecule has 27 heavy (non-hydrogen) atoms. The quantitative estimate of drug-likeness (QED) is 0.576. The Morgan fingerprint density at radius 1 is 1.07 bits per heavy atom. The number of para-hydroxylation sites is 1. The highest BCUT2D eigenvalue weighted by Gasteiger charge is 2.14. The average molecular weight is 366 g/mol. The van der Waals surface area contributed by atoms with E-state index in [4.69, 9.17) is 11.2 Å². The first-order valence-corrected chi connectivity index (χ1v) is 7.97. The van der Waals surface area contributed by atoms with E-state index in [1.165, 1.54) is 13.2 Å². The number of rotatable bonds is 7. The molecular weight excluding hydrogens is 348 g/mol. The first-order chi connectivity index (χ1) is 13.0. The summed E-state index contributed by atoms with van der Waals surface area (Å²) in [6, 6.07) is 12.9. The van der Waals surface area contributed by atoms with Crippen LogP contribution in [-0.4, -0.2) is 38.0 Å². The molecule has 7 heteroatoms. The molecule has 0 spiro atoms. The molecule has 0 atom stereocenters. The van der Waals surface area contributed by atoms with Crippen molar-refractivity contribution in [3.8, 4) is 18.1 Å². The number of hydrogen-bond donors (Lipinski definition) is 2. The SMILES string of the molecule is C#CCNC(=O)c1ccccc1NC(=O)c1cccc(OCC(=O)OC)c1. The topological polar surface area (TPSA) is 93.7 Å². The Balaban J connectivity index is 2.13. The van der Waals surface area contributed by atoms with Crippen LogP contribution in [0.4, 0.5) is 5.69 Å². The molecule has 0 fully saturated rings. The number of carbonyl (C=O) groups is 3. The van der Waals surface area contributed by atoms with E-state index >= 15 is 0 Å². The number of anilines is 1. The molecule has 0 radical (unpaired) electrons. The minimum atomic E-state index is -0.531. The van der Waals surface area contributed by atoms with Crippen molar-refractivity contribution in [2.45, 2.75) is 0 Å². The monoisotopic (exact) mass is 366 g/mol. The number of ether oxygens (including phenoxy) is 2. The molecular formula is C20H18N2O5. The minimum Gasteiger partial charge on any atom is -0.482 e. The summed E-state index contributed by atoms with van der Waals surface area (Å²) in [7, 11) is 1.26. The smallest absolute Gasteiger partial charge is 0.343 e. The van der Waals surface area contributed by atoms with Crippen LogP contribution >= 0.6 is 0 Å². The van der Waals surface area contributed by atoms with Crippen molar-refractivity contribution >= 4 is 23.5 Å². The number of esters is 1.